The number of nitrogens with zero attached hydrogens (tertiary/aromatic N) is 3. The summed E-state index contributed by atoms with van der Waals surface area (Å²) in [6.45, 7) is 0.924. The highest BCUT2D eigenvalue weighted by atomic mass is 16.4. The van der Waals surface area contributed by atoms with E-state index in [0.29, 0.717) is 13.1 Å². The van der Waals surface area contributed by atoms with E-state index in [4.69, 9.17) is 4.42 Å². The van der Waals surface area contributed by atoms with Gasteiger partial charge in [0.15, 0.2) is 0 Å². The summed E-state index contributed by atoms with van der Waals surface area (Å²) < 4.78 is 6.85. The molecule has 0 bridgehead atoms. The minimum absolute atomic E-state index is 0.283. The molecule has 0 N–H and O–H groups in total. The van der Waals surface area contributed by atoms with Crippen molar-refractivity contribution in [2.45, 2.75) is 13.1 Å². The van der Waals surface area contributed by atoms with Gasteiger partial charge in [-0.25, -0.2) is 4.79 Å². The van der Waals surface area contributed by atoms with E-state index in [1.807, 2.05) is 95.9 Å². The van der Waals surface area contributed by atoms with Crippen molar-refractivity contribution in [1.29, 1.82) is 0 Å². The van der Waals surface area contributed by atoms with Gasteiger partial charge in [0.2, 0.25) is 0 Å². The average molecular weight is 357 g/mol. The molecule has 0 atom stereocenters. The van der Waals surface area contributed by atoms with Crippen LogP contribution in [-0.4, -0.2) is 9.78 Å². The summed E-state index contributed by atoms with van der Waals surface area (Å²) in [7, 11) is 0. The lowest BCUT2D eigenvalue weighted by Gasteiger charge is -2.20. The van der Waals surface area contributed by atoms with Crippen LogP contribution >= 0.6 is 0 Å². The standard InChI is InChI=1S/C22H19N3O2/c26-22-25(17-19-12-6-2-7-13-19)23-21(27-22)24(20-14-8-3-9-15-20)16-18-10-4-1-5-11-18/h1-15H,16-17H2. The molecule has 5 heteroatoms. The Bertz CT molecular complexity index is 1040. The van der Waals surface area contributed by atoms with E-state index in [1.54, 1.807) is 0 Å². The second-order valence-electron chi connectivity index (χ2n) is 6.20. The van der Waals surface area contributed by atoms with Crippen LogP contribution in [0.2, 0.25) is 0 Å². The average Bonchev–Trinajstić information content (AvgIpc) is 3.08. The normalized spacial score (nSPS) is 10.7. The van der Waals surface area contributed by atoms with Gasteiger partial charge in [-0.15, -0.1) is 5.10 Å². The molecule has 0 unspecified atom stereocenters. The van der Waals surface area contributed by atoms with E-state index >= 15 is 0 Å². The Morgan fingerprint density at radius 2 is 1.33 bits per heavy atom. The van der Waals surface area contributed by atoms with E-state index in [2.05, 4.69) is 5.10 Å². The van der Waals surface area contributed by atoms with Crippen molar-refractivity contribution in [3.63, 3.8) is 0 Å². The maximum atomic E-state index is 12.3. The van der Waals surface area contributed by atoms with Gasteiger partial charge >= 0.3 is 11.8 Å². The molecule has 4 rings (SSSR count). The van der Waals surface area contributed by atoms with Crippen LogP contribution in [0.5, 0.6) is 0 Å². The predicted octanol–water partition coefficient (Wildman–Crippen LogP) is 4.22. The van der Waals surface area contributed by atoms with Crippen molar-refractivity contribution in [2.75, 3.05) is 4.90 Å². The van der Waals surface area contributed by atoms with E-state index in [1.165, 1.54) is 4.68 Å². The Labute approximate surface area is 157 Å². The Hall–Kier alpha value is -3.60. The van der Waals surface area contributed by atoms with Gasteiger partial charge in [0.1, 0.15) is 0 Å². The Balaban J connectivity index is 1.68. The van der Waals surface area contributed by atoms with Gasteiger partial charge in [-0.2, -0.15) is 4.68 Å². The number of anilines is 2. The lowest BCUT2D eigenvalue weighted by molar-refractivity contribution is 0.486. The molecule has 4 aromatic rings. The fourth-order valence-electron chi connectivity index (χ4n) is 2.90. The zero-order valence-corrected chi connectivity index (χ0v) is 14.7. The van der Waals surface area contributed by atoms with E-state index in [9.17, 15) is 4.79 Å². The minimum atomic E-state index is -0.470. The summed E-state index contributed by atoms with van der Waals surface area (Å²) in [6.07, 6.45) is 0. The Kier molecular flexibility index (Phi) is 4.83. The summed E-state index contributed by atoms with van der Waals surface area (Å²) in [6, 6.07) is 29.8. The van der Waals surface area contributed by atoms with Gasteiger partial charge in [0.05, 0.1) is 13.1 Å². The fraction of sp³-hybridized carbons (Fsp3) is 0.0909. The van der Waals surface area contributed by atoms with Crippen molar-refractivity contribution >= 4 is 11.7 Å². The largest absolute Gasteiger partial charge is 0.438 e. The number of hydrogen-bond donors (Lipinski definition) is 0. The molecule has 0 aliphatic carbocycles. The Morgan fingerprint density at radius 1 is 0.778 bits per heavy atom. The third-order valence-corrected chi connectivity index (χ3v) is 4.25. The van der Waals surface area contributed by atoms with Crippen LogP contribution in [0.4, 0.5) is 11.7 Å². The van der Waals surface area contributed by atoms with Crippen LogP contribution in [0.3, 0.4) is 0 Å². The van der Waals surface area contributed by atoms with Gasteiger partial charge in [-0.1, -0.05) is 78.9 Å². The molecule has 0 spiro atoms. The summed E-state index contributed by atoms with van der Waals surface area (Å²) >= 11 is 0. The molecule has 134 valence electrons. The first kappa shape index (κ1) is 16.8. The maximum Gasteiger partial charge on any atom is 0.438 e. The lowest BCUT2D eigenvalue weighted by Crippen LogP contribution is -2.18. The quantitative estimate of drug-likeness (QED) is 0.518. The molecule has 0 aliphatic rings. The first-order valence-corrected chi connectivity index (χ1v) is 8.78. The third kappa shape index (κ3) is 3.98. The van der Waals surface area contributed by atoms with Crippen LogP contribution in [-0.2, 0) is 13.1 Å². The van der Waals surface area contributed by atoms with Gasteiger partial charge in [-0.05, 0) is 23.3 Å². The molecule has 0 radical (unpaired) electrons. The van der Waals surface area contributed by atoms with Crippen LogP contribution in [0.15, 0.2) is 100 Å². The number of para-hydroxylation sites is 1. The monoisotopic (exact) mass is 357 g/mol. The molecular formula is C22H19N3O2. The van der Waals surface area contributed by atoms with Crippen LogP contribution in [0, 0.1) is 0 Å². The van der Waals surface area contributed by atoms with Crippen molar-refractivity contribution in [3.05, 3.63) is 113 Å². The molecule has 27 heavy (non-hydrogen) atoms. The molecule has 0 saturated carbocycles. The molecule has 0 fully saturated rings. The molecule has 1 heterocycles. The number of aromatic nitrogens is 2. The maximum absolute atomic E-state index is 12.3. The molecule has 0 amide bonds. The summed E-state index contributed by atoms with van der Waals surface area (Å²) in [5.74, 6) is -0.470. The molecule has 0 aliphatic heterocycles. The minimum Gasteiger partial charge on any atom is -0.373 e. The third-order valence-electron chi connectivity index (χ3n) is 4.25. The molecular weight excluding hydrogens is 338 g/mol. The highest BCUT2D eigenvalue weighted by Gasteiger charge is 2.18. The molecule has 0 saturated heterocycles. The Morgan fingerprint density at radius 3 is 1.96 bits per heavy atom. The highest BCUT2D eigenvalue weighted by molar-refractivity contribution is 5.55. The zero-order valence-electron chi connectivity index (χ0n) is 14.7. The molecule has 5 nitrogen and oxygen atoms in total. The first-order chi connectivity index (χ1) is 13.3. The smallest absolute Gasteiger partial charge is 0.373 e. The van der Waals surface area contributed by atoms with Gasteiger partial charge in [0.25, 0.3) is 0 Å². The van der Waals surface area contributed by atoms with E-state index in [-0.39, 0.29) is 6.01 Å². The van der Waals surface area contributed by atoms with Crippen molar-refractivity contribution in [3.8, 4) is 0 Å². The summed E-state index contributed by atoms with van der Waals surface area (Å²) in [5, 5.41) is 4.44. The van der Waals surface area contributed by atoms with Crippen LogP contribution < -0.4 is 10.7 Å². The van der Waals surface area contributed by atoms with Crippen molar-refractivity contribution < 1.29 is 4.42 Å². The molecule has 1 aromatic heterocycles. The van der Waals surface area contributed by atoms with Crippen LogP contribution in [0.1, 0.15) is 11.1 Å². The second-order valence-corrected chi connectivity index (χ2v) is 6.20. The topological polar surface area (TPSA) is 51.3 Å². The fourth-order valence-corrected chi connectivity index (χ4v) is 2.90. The van der Waals surface area contributed by atoms with E-state index in [0.717, 1.165) is 16.8 Å². The van der Waals surface area contributed by atoms with E-state index < -0.39 is 5.76 Å². The van der Waals surface area contributed by atoms with Gasteiger partial charge < -0.3 is 4.42 Å². The van der Waals surface area contributed by atoms with Crippen molar-refractivity contribution in [1.82, 2.24) is 9.78 Å². The predicted molar refractivity (Wildman–Crippen MR) is 105 cm³/mol. The molecule has 3 aromatic carbocycles. The lowest BCUT2D eigenvalue weighted by atomic mass is 10.2. The second kappa shape index (κ2) is 7.74. The highest BCUT2D eigenvalue weighted by Crippen LogP contribution is 2.25. The van der Waals surface area contributed by atoms with Gasteiger partial charge in [0, 0.05) is 5.69 Å². The summed E-state index contributed by atoms with van der Waals surface area (Å²) in [4.78, 5) is 14.2. The summed E-state index contributed by atoms with van der Waals surface area (Å²) in [5.41, 5.74) is 3.00. The number of hydrogen-bond acceptors (Lipinski definition) is 4. The SMILES string of the molecule is O=c1oc(N(Cc2ccccc2)c2ccccc2)nn1Cc1ccccc1. The number of rotatable bonds is 6. The van der Waals surface area contributed by atoms with Crippen molar-refractivity contribution in [2.24, 2.45) is 0 Å². The van der Waals surface area contributed by atoms with Crippen LogP contribution in [0.25, 0.3) is 0 Å². The number of benzene rings is 3. The first-order valence-electron chi connectivity index (χ1n) is 8.78. The zero-order chi connectivity index (χ0) is 18.5. The van der Waals surface area contributed by atoms with Gasteiger partial charge in [-0.3, -0.25) is 4.90 Å².